The van der Waals surface area contributed by atoms with Crippen LogP contribution in [-0.4, -0.2) is 37.8 Å². The molecule has 0 amide bonds. The Kier molecular flexibility index (Phi) is 5.31. The predicted octanol–water partition coefficient (Wildman–Crippen LogP) is 5.01. The average Bonchev–Trinajstić information content (AvgIpc) is 3.12. The van der Waals surface area contributed by atoms with Gasteiger partial charge in [0.25, 0.3) is 0 Å². The van der Waals surface area contributed by atoms with E-state index >= 15 is 0 Å². The van der Waals surface area contributed by atoms with Crippen LogP contribution < -0.4 is 4.98 Å². The summed E-state index contributed by atoms with van der Waals surface area (Å²) in [7, 11) is -1.40. The molecule has 2 nitrogen and oxygen atoms in total. The number of rotatable bonds is 4. The van der Waals surface area contributed by atoms with Gasteiger partial charge in [0, 0.05) is 11.6 Å². The highest BCUT2D eigenvalue weighted by atomic mass is 28.3. The second kappa shape index (κ2) is 6.80. The molecule has 0 radical (unpaired) electrons. The van der Waals surface area contributed by atoms with Crippen LogP contribution in [0.5, 0.6) is 0 Å². The van der Waals surface area contributed by atoms with Crippen molar-refractivity contribution in [3.05, 3.63) is 0 Å². The lowest BCUT2D eigenvalue weighted by atomic mass is 9.80. The zero-order valence-electron chi connectivity index (χ0n) is 16.3. The minimum atomic E-state index is -1.40. The van der Waals surface area contributed by atoms with Crippen molar-refractivity contribution in [2.24, 2.45) is 11.8 Å². The standard InChI is InChI=1S/C20H40N2Si/c1-6-23(5,21-20(2,3)4)19-15-18(22-13-9-10-14-22)16-11-7-8-12-17(16)19/h16-19,21H,6-15H2,1-5H3. The lowest BCUT2D eigenvalue weighted by Crippen LogP contribution is -2.59. The number of fused-ring (bicyclic) bond motifs is 1. The fourth-order valence-electron chi connectivity index (χ4n) is 6.30. The highest BCUT2D eigenvalue weighted by Gasteiger charge is 2.53. The van der Waals surface area contributed by atoms with Crippen molar-refractivity contribution in [3.8, 4) is 0 Å². The van der Waals surface area contributed by atoms with Crippen molar-refractivity contribution in [1.82, 2.24) is 9.88 Å². The smallest absolute Gasteiger partial charge is 0.126 e. The zero-order chi connectivity index (χ0) is 16.7. The highest BCUT2D eigenvalue weighted by Crippen LogP contribution is 2.55. The van der Waals surface area contributed by atoms with Crippen LogP contribution in [0.3, 0.4) is 0 Å². The molecule has 5 atom stereocenters. The molecule has 5 unspecified atom stereocenters. The Hall–Kier alpha value is 0.137. The first-order valence-electron chi connectivity index (χ1n) is 10.4. The van der Waals surface area contributed by atoms with Crippen molar-refractivity contribution in [2.45, 2.75) is 102 Å². The molecule has 0 spiro atoms. The Morgan fingerprint density at radius 3 is 2.17 bits per heavy atom. The van der Waals surface area contributed by atoms with Gasteiger partial charge in [-0.2, -0.15) is 0 Å². The van der Waals surface area contributed by atoms with E-state index in [0.717, 1.165) is 23.4 Å². The Balaban J connectivity index is 1.82. The molecule has 0 bridgehead atoms. The topological polar surface area (TPSA) is 15.3 Å². The van der Waals surface area contributed by atoms with Gasteiger partial charge >= 0.3 is 0 Å². The summed E-state index contributed by atoms with van der Waals surface area (Å²) < 4.78 is 0. The molecule has 0 aromatic heterocycles. The highest BCUT2D eigenvalue weighted by molar-refractivity contribution is 6.77. The van der Waals surface area contributed by atoms with Crippen LogP contribution in [0.1, 0.15) is 72.6 Å². The van der Waals surface area contributed by atoms with Crippen molar-refractivity contribution in [1.29, 1.82) is 0 Å². The van der Waals surface area contributed by atoms with Crippen molar-refractivity contribution >= 4 is 8.24 Å². The van der Waals surface area contributed by atoms with Gasteiger partial charge in [0.05, 0.1) is 0 Å². The fraction of sp³-hybridized carbons (Fsp3) is 1.00. The van der Waals surface area contributed by atoms with Crippen molar-refractivity contribution in [2.75, 3.05) is 13.1 Å². The van der Waals surface area contributed by atoms with E-state index in [2.05, 4.69) is 44.1 Å². The third kappa shape index (κ3) is 3.72. The van der Waals surface area contributed by atoms with Gasteiger partial charge in [-0.3, -0.25) is 0 Å². The van der Waals surface area contributed by atoms with Gasteiger partial charge < -0.3 is 9.88 Å². The molecule has 1 N–H and O–H groups in total. The SMILES string of the molecule is CC[Si](C)(NC(C)(C)C)C1CC(N2CCCC2)C2CCCCC21. The zero-order valence-corrected chi connectivity index (χ0v) is 17.3. The van der Waals surface area contributed by atoms with E-state index in [1.165, 1.54) is 64.1 Å². The maximum atomic E-state index is 4.19. The molecule has 1 aliphatic heterocycles. The normalized spacial score (nSPS) is 38.5. The minimum Gasteiger partial charge on any atom is -0.332 e. The second-order valence-electron chi connectivity index (χ2n) is 9.91. The van der Waals surface area contributed by atoms with E-state index in [4.69, 9.17) is 0 Å². The van der Waals surface area contributed by atoms with E-state index in [0.29, 0.717) is 0 Å². The fourth-order valence-corrected chi connectivity index (χ4v) is 11.0. The Morgan fingerprint density at radius 2 is 1.61 bits per heavy atom. The molecule has 1 saturated heterocycles. The second-order valence-corrected chi connectivity index (χ2v) is 14.4. The molecule has 1 heterocycles. The lowest BCUT2D eigenvalue weighted by molar-refractivity contribution is 0.148. The van der Waals surface area contributed by atoms with Crippen LogP contribution >= 0.6 is 0 Å². The minimum absolute atomic E-state index is 0.271. The first kappa shape index (κ1) is 17.9. The van der Waals surface area contributed by atoms with Gasteiger partial charge in [0.1, 0.15) is 8.24 Å². The van der Waals surface area contributed by atoms with Crippen molar-refractivity contribution in [3.63, 3.8) is 0 Å². The average molecular weight is 337 g/mol. The molecule has 3 fully saturated rings. The quantitative estimate of drug-likeness (QED) is 0.726. The molecule has 134 valence electrons. The third-order valence-electron chi connectivity index (χ3n) is 7.20. The lowest BCUT2D eigenvalue weighted by Gasteiger charge is -2.43. The van der Waals surface area contributed by atoms with Gasteiger partial charge in [0.2, 0.25) is 0 Å². The Morgan fingerprint density at radius 1 is 1.00 bits per heavy atom. The van der Waals surface area contributed by atoms with Crippen LogP contribution in [0.4, 0.5) is 0 Å². The van der Waals surface area contributed by atoms with Crippen molar-refractivity contribution < 1.29 is 0 Å². The van der Waals surface area contributed by atoms with Gasteiger partial charge in [-0.15, -0.1) is 0 Å². The molecule has 2 aliphatic carbocycles. The van der Waals surface area contributed by atoms with Crippen LogP contribution in [-0.2, 0) is 0 Å². The first-order chi connectivity index (χ1) is 10.8. The summed E-state index contributed by atoms with van der Waals surface area (Å²) in [5.74, 6) is 2.05. The summed E-state index contributed by atoms with van der Waals surface area (Å²) in [6.07, 6.45) is 10.4. The molecule has 3 heteroatoms. The maximum Gasteiger partial charge on any atom is 0.126 e. The number of likely N-dealkylation sites (tertiary alicyclic amines) is 1. The molecular formula is C20H40N2Si. The van der Waals surface area contributed by atoms with E-state index in [1.807, 2.05) is 0 Å². The maximum absolute atomic E-state index is 4.19. The Bertz CT molecular complexity index is 399. The van der Waals surface area contributed by atoms with Crippen LogP contribution in [0.25, 0.3) is 0 Å². The summed E-state index contributed by atoms with van der Waals surface area (Å²) in [4.78, 5) is 7.08. The Labute approximate surface area is 145 Å². The van der Waals surface area contributed by atoms with E-state index in [1.54, 1.807) is 0 Å². The van der Waals surface area contributed by atoms with Crippen LogP contribution in [0, 0.1) is 11.8 Å². The van der Waals surface area contributed by atoms with Crippen LogP contribution in [0.2, 0.25) is 18.1 Å². The largest absolute Gasteiger partial charge is 0.332 e. The molecule has 3 rings (SSSR count). The summed E-state index contributed by atoms with van der Waals surface area (Å²) in [5, 5.41) is 0. The molecular weight excluding hydrogens is 296 g/mol. The van der Waals surface area contributed by atoms with E-state index in [9.17, 15) is 0 Å². The van der Waals surface area contributed by atoms with Gasteiger partial charge in [-0.25, -0.2) is 0 Å². The number of nitrogens with one attached hydrogen (secondary N) is 1. The molecule has 0 aromatic rings. The van der Waals surface area contributed by atoms with Gasteiger partial charge in [0.15, 0.2) is 0 Å². The van der Waals surface area contributed by atoms with E-state index in [-0.39, 0.29) is 5.54 Å². The summed E-state index contributed by atoms with van der Waals surface area (Å²) in [6.45, 7) is 15.0. The van der Waals surface area contributed by atoms with Gasteiger partial charge in [-0.05, 0) is 83.0 Å². The molecule has 3 aliphatic rings. The summed E-state index contributed by atoms with van der Waals surface area (Å²) in [6, 6.07) is 2.32. The van der Waals surface area contributed by atoms with E-state index < -0.39 is 8.24 Å². The monoisotopic (exact) mass is 336 g/mol. The molecule has 23 heavy (non-hydrogen) atoms. The number of nitrogens with zero attached hydrogens (tertiary/aromatic N) is 1. The molecule has 0 aromatic carbocycles. The summed E-state index contributed by atoms with van der Waals surface area (Å²) >= 11 is 0. The van der Waals surface area contributed by atoms with Gasteiger partial charge in [-0.1, -0.05) is 32.7 Å². The number of hydrogen-bond acceptors (Lipinski definition) is 2. The number of hydrogen-bond donors (Lipinski definition) is 1. The third-order valence-corrected chi connectivity index (χ3v) is 12.3. The molecule has 2 saturated carbocycles. The predicted molar refractivity (Wildman–Crippen MR) is 103 cm³/mol. The van der Waals surface area contributed by atoms with Crippen LogP contribution in [0.15, 0.2) is 0 Å². The summed E-state index contributed by atoms with van der Waals surface area (Å²) in [5.41, 5.74) is 1.27. The first-order valence-corrected chi connectivity index (χ1v) is 13.2.